The lowest BCUT2D eigenvalue weighted by atomic mass is 9.74. The highest BCUT2D eigenvalue weighted by Crippen LogP contribution is 2.38. The van der Waals surface area contributed by atoms with E-state index in [4.69, 9.17) is 5.11 Å². The lowest BCUT2D eigenvalue weighted by Gasteiger charge is -2.41. The summed E-state index contributed by atoms with van der Waals surface area (Å²) in [6.07, 6.45) is 6.55. The van der Waals surface area contributed by atoms with Crippen LogP contribution in [-0.4, -0.2) is 41.1 Å². The first kappa shape index (κ1) is 16.1. The number of piperidine rings is 1. The molecule has 1 heterocycles. The van der Waals surface area contributed by atoms with Crippen LogP contribution in [0.15, 0.2) is 0 Å². The van der Waals surface area contributed by atoms with Gasteiger partial charge in [0.2, 0.25) is 0 Å². The molecule has 0 radical (unpaired) electrons. The van der Waals surface area contributed by atoms with Gasteiger partial charge < -0.3 is 15.3 Å². The van der Waals surface area contributed by atoms with Gasteiger partial charge in [0, 0.05) is 19.1 Å². The molecule has 2 aliphatic rings. The summed E-state index contributed by atoms with van der Waals surface area (Å²) in [5, 5.41) is 12.0. The fourth-order valence-corrected chi connectivity index (χ4v) is 3.74. The Balaban J connectivity index is 1.79. The molecular weight excluding hydrogens is 268 g/mol. The maximum atomic E-state index is 12.3. The number of likely N-dealkylation sites (tertiary alicyclic amines) is 1. The molecule has 0 aromatic rings. The van der Waals surface area contributed by atoms with E-state index in [0.29, 0.717) is 18.3 Å². The zero-order chi connectivity index (χ0) is 15.5. The first-order valence-electron chi connectivity index (χ1n) is 8.28. The van der Waals surface area contributed by atoms with Crippen molar-refractivity contribution in [2.75, 3.05) is 13.1 Å². The third-order valence-corrected chi connectivity index (χ3v) is 5.72. The van der Waals surface area contributed by atoms with Crippen molar-refractivity contribution < 1.29 is 14.7 Å². The summed E-state index contributed by atoms with van der Waals surface area (Å²) in [4.78, 5) is 25.1. The molecule has 1 aliphatic carbocycles. The summed E-state index contributed by atoms with van der Waals surface area (Å²) >= 11 is 0. The van der Waals surface area contributed by atoms with Crippen LogP contribution in [0.4, 0.5) is 4.79 Å². The number of carbonyl (C=O) groups is 2. The number of carbonyl (C=O) groups excluding carboxylic acids is 1. The SMILES string of the molecule is CCC1(CC)CCN(C(=O)N[C@H]2CC[C@@H](C(=O)O)C2)CC1. The normalized spacial score (nSPS) is 28.4. The zero-order valence-electron chi connectivity index (χ0n) is 13.2. The second-order valence-corrected chi connectivity index (χ2v) is 6.69. The monoisotopic (exact) mass is 296 g/mol. The molecule has 120 valence electrons. The molecule has 1 aliphatic heterocycles. The van der Waals surface area contributed by atoms with Crippen LogP contribution in [0.3, 0.4) is 0 Å². The van der Waals surface area contributed by atoms with Crippen molar-refractivity contribution in [3.63, 3.8) is 0 Å². The molecule has 5 nitrogen and oxygen atoms in total. The van der Waals surface area contributed by atoms with Crippen LogP contribution in [-0.2, 0) is 4.79 Å². The molecule has 5 heteroatoms. The summed E-state index contributed by atoms with van der Waals surface area (Å²) in [6.45, 7) is 6.12. The topological polar surface area (TPSA) is 69.6 Å². The highest BCUT2D eigenvalue weighted by molar-refractivity contribution is 5.75. The summed E-state index contributed by atoms with van der Waals surface area (Å²) in [6, 6.07) is 0.0227. The Kier molecular flexibility index (Phi) is 5.12. The van der Waals surface area contributed by atoms with Crippen molar-refractivity contribution in [3.05, 3.63) is 0 Å². The van der Waals surface area contributed by atoms with Gasteiger partial charge in [0.05, 0.1) is 5.92 Å². The van der Waals surface area contributed by atoms with E-state index in [1.54, 1.807) is 0 Å². The van der Waals surface area contributed by atoms with E-state index in [2.05, 4.69) is 19.2 Å². The first-order valence-corrected chi connectivity index (χ1v) is 8.28. The molecule has 0 aromatic heterocycles. The number of carboxylic acid groups (broad SMARTS) is 1. The zero-order valence-corrected chi connectivity index (χ0v) is 13.2. The van der Waals surface area contributed by atoms with Gasteiger partial charge in [0.15, 0.2) is 0 Å². The van der Waals surface area contributed by atoms with Crippen LogP contribution in [0.25, 0.3) is 0 Å². The van der Waals surface area contributed by atoms with Crippen molar-refractivity contribution in [1.29, 1.82) is 0 Å². The van der Waals surface area contributed by atoms with Crippen LogP contribution in [0, 0.1) is 11.3 Å². The predicted molar refractivity (Wildman–Crippen MR) is 81.1 cm³/mol. The summed E-state index contributed by atoms with van der Waals surface area (Å²) in [5.74, 6) is -1.02. The molecule has 2 N–H and O–H groups in total. The highest BCUT2D eigenvalue weighted by Gasteiger charge is 2.35. The van der Waals surface area contributed by atoms with Crippen LogP contribution >= 0.6 is 0 Å². The number of urea groups is 1. The van der Waals surface area contributed by atoms with Gasteiger partial charge in [-0.15, -0.1) is 0 Å². The molecule has 2 atom stereocenters. The number of nitrogens with one attached hydrogen (secondary N) is 1. The number of nitrogens with zero attached hydrogens (tertiary/aromatic N) is 1. The largest absolute Gasteiger partial charge is 0.481 e. The number of carboxylic acids is 1. The minimum absolute atomic E-state index is 0.00755. The number of aliphatic carboxylic acids is 1. The van der Waals surface area contributed by atoms with E-state index in [1.807, 2.05) is 4.90 Å². The standard InChI is InChI=1S/C16H28N2O3/c1-3-16(4-2)7-9-18(10-8-16)15(21)17-13-6-5-12(11-13)14(19)20/h12-13H,3-11H2,1-2H3,(H,17,21)(H,19,20)/t12-,13+/m1/s1. The molecule has 0 spiro atoms. The molecule has 0 unspecified atom stereocenters. The smallest absolute Gasteiger partial charge is 0.317 e. The lowest BCUT2D eigenvalue weighted by Crippen LogP contribution is -2.49. The van der Waals surface area contributed by atoms with Gasteiger partial charge in [-0.2, -0.15) is 0 Å². The van der Waals surface area contributed by atoms with Gasteiger partial charge in [-0.1, -0.05) is 26.7 Å². The molecule has 0 bridgehead atoms. The third-order valence-electron chi connectivity index (χ3n) is 5.72. The van der Waals surface area contributed by atoms with Crippen LogP contribution in [0.5, 0.6) is 0 Å². The number of hydrogen-bond donors (Lipinski definition) is 2. The molecule has 2 rings (SSSR count). The van der Waals surface area contributed by atoms with E-state index >= 15 is 0 Å². The quantitative estimate of drug-likeness (QED) is 0.838. The van der Waals surface area contributed by atoms with Gasteiger partial charge in [-0.05, 0) is 37.5 Å². The Labute approximate surface area is 127 Å². The molecule has 2 fully saturated rings. The lowest BCUT2D eigenvalue weighted by molar-refractivity contribution is -0.141. The van der Waals surface area contributed by atoms with Crippen LogP contribution < -0.4 is 5.32 Å². The molecule has 0 aromatic carbocycles. The minimum Gasteiger partial charge on any atom is -0.481 e. The van der Waals surface area contributed by atoms with Gasteiger partial charge in [0.1, 0.15) is 0 Å². The minimum atomic E-state index is -0.736. The van der Waals surface area contributed by atoms with Crippen molar-refractivity contribution in [2.24, 2.45) is 11.3 Å². The van der Waals surface area contributed by atoms with Crippen molar-refractivity contribution in [2.45, 2.75) is 64.8 Å². The molecule has 1 saturated carbocycles. The van der Waals surface area contributed by atoms with E-state index in [-0.39, 0.29) is 18.0 Å². The summed E-state index contributed by atoms with van der Waals surface area (Å²) < 4.78 is 0. The molecule has 21 heavy (non-hydrogen) atoms. The van der Waals surface area contributed by atoms with E-state index in [0.717, 1.165) is 32.4 Å². The van der Waals surface area contributed by atoms with Crippen molar-refractivity contribution >= 4 is 12.0 Å². The summed E-state index contributed by atoms with van der Waals surface area (Å²) in [7, 11) is 0. The molecule has 2 amide bonds. The fraction of sp³-hybridized carbons (Fsp3) is 0.875. The Morgan fingerprint density at radius 1 is 1.19 bits per heavy atom. The van der Waals surface area contributed by atoms with E-state index < -0.39 is 5.97 Å². The van der Waals surface area contributed by atoms with Gasteiger partial charge in [0.25, 0.3) is 0 Å². The van der Waals surface area contributed by atoms with Crippen LogP contribution in [0.2, 0.25) is 0 Å². The van der Waals surface area contributed by atoms with E-state index in [1.165, 1.54) is 12.8 Å². The van der Waals surface area contributed by atoms with Crippen molar-refractivity contribution in [3.8, 4) is 0 Å². The Hall–Kier alpha value is -1.26. The fourth-order valence-electron chi connectivity index (χ4n) is 3.74. The maximum absolute atomic E-state index is 12.3. The van der Waals surface area contributed by atoms with Gasteiger partial charge in [-0.25, -0.2) is 4.79 Å². The average Bonchev–Trinajstić information content (AvgIpc) is 2.96. The van der Waals surface area contributed by atoms with Gasteiger partial charge in [-0.3, -0.25) is 4.79 Å². The Bertz CT molecular complexity index is 383. The summed E-state index contributed by atoms with van der Waals surface area (Å²) in [5.41, 5.74) is 0.415. The maximum Gasteiger partial charge on any atom is 0.317 e. The average molecular weight is 296 g/mol. The first-order chi connectivity index (χ1) is 9.99. The molecular formula is C16H28N2O3. The van der Waals surface area contributed by atoms with Crippen molar-refractivity contribution in [1.82, 2.24) is 10.2 Å². The Morgan fingerprint density at radius 2 is 1.81 bits per heavy atom. The highest BCUT2D eigenvalue weighted by atomic mass is 16.4. The molecule has 1 saturated heterocycles. The second-order valence-electron chi connectivity index (χ2n) is 6.69. The Morgan fingerprint density at radius 3 is 2.29 bits per heavy atom. The second kappa shape index (κ2) is 6.67. The number of amides is 2. The number of hydrogen-bond acceptors (Lipinski definition) is 2. The number of rotatable bonds is 4. The third kappa shape index (κ3) is 3.69. The van der Waals surface area contributed by atoms with E-state index in [9.17, 15) is 9.59 Å². The van der Waals surface area contributed by atoms with Gasteiger partial charge >= 0.3 is 12.0 Å². The van der Waals surface area contributed by atoms with Crippen LogP contribution in [0.1, 0.15) is 58.8 Å². The predicted octanol–water partition coefficient (Wildman–Crippen LogP) is 2.85.